The van der Waals surface area contributed by atoms with Gasteiger partial charge in [-0.25, -0.2) is 0 Å². The van der Waals surface area contributed by atoms with Gasteiger partial charge in [-0.15, -0.1) is 0 Å². The summed E-state index contributed by atoms with van der Waals surface area (Å²) in [6.45, 7) is 7.05. The number of allylic oxidation sites excluding steroid dienone is 1. The highest BCUT2D eigenvalue weighted by molar-refractivity contribution is 5.88. The number of hydrogen-bond acceptors (Lipinski definition) is 0. The van der Waals surface area contributed by atoms with Crippen LogP contribution >= 0.6 is 0 Å². The van der Waals surface area contributed by atoms with Gasteiger partial charge in [0.2, 0.25) is 0 Å². The molecule has 0 saturated carbocycles. The van der Waals surface area contributed by atoms with E-state index >= 15 is 0 Å². The molecule has 0 heterocycles. The Hall–Kier alpha value is -2.60. The zero-order valence-corrected chi connectivity index (χ0v) is 15.7. The van der Waals surface area contributed by atoms with Gasteiger partial charge in [0.1, 0.15) is 0 Å². The Bertz CT molecular complexity index is 1050. The monoisotopic (exact) mass is 336 g/mol. The molecule has 0 nitrogen and oxygen atoms in total. The molecule has 2 aliphatic rings. The van der Waals surface area contributed by atoms with Crippen LogP contribution in [0.1, 0.15) is 55.4 Å². The molecule has 0 saturated heterocycles. The van der Waals surface area contributed by atoms with Crippen molar-refractivity contribution in [1.29, 1.82) is 0 Å². The minimum absolute atomic E-state index is 0.0293. The molecule has 0 fully saturated rings. The summed E-state index contributed by atoms with van der Waals surface area (Å²) in [6, 6.07) is 22.7. The summed E-state index contributed by atoms with van der Waals surface area (Å²) in [7, 11) is 0. The molecule has 1 atom stereocenters. The number of rotatable bonds is 1. The van der Waals surface area contributed by atoms with Crippen molar-refractivity contribution in [2.24, 2.45) is 0 Å². The summed E-state index contributed by atoms with van der Waals surface area (Å²) < 4.78 is 0. The second-order valence-electron chi connectivity index (χ2n) is 8.28. The van der Waals surface area contributed by atoms with E-state index in [1.165, 1.54) is 44.5 Å². The standard InChI is InChI=1S/C26H24/c1-17-8-6-9-18-16-19(14-15-20(17)18)21-11-7-12-23-22-10-4-5-13-24(22)26(2,3)25(21)23/h4-7,9-17H,8H2,1-3H3. The Morgan fingerprint density at radius 1 is 0.846 bits per heavy atom. The lowest BCUT2D eigenvalue weighted by atomic mass is 9.78. The van der Waals surface area contributed by atoms with Gasteiger partial charge in [0.25, 0.3) is 0 Å². The highest BCUT2D eigenvalue weighted by Crippen LogP contribution is 2.52. The first kappa shape index (κ1) is 15.6. The molecule has 0 bridgehead atoms. The van der Waals surface area contributed by atoms with Gasteiger partial charge in [-0.2, -0.15) is 0 Å². The van der Waals surface area contributed by atoms with Crippen molar-refractivity contribution in [1.82, 2.24) is 0 Å². The maximum Gasteiger partial charge on any atom is 0.0165 e. The van der Waals surface area contributed by atoms with Crippen LogP contribution in [0.5, 0.6) is 0 Å². The van der Waals surface area contributed by atoms with Crippen molar-refractivity contribution in [3.8, 4) is 22.3 Å². The third-order valence-corrected chi connectivity index (χ3v) is 6.30. The van der Waals surface area contributed by atoms with Crippen LogP contribution in [0.3, 0.4) is 0 Å². The summed E-state index contributed by atoms with van der Waals surface area (Å²) in [6.07, 6.45) is 5.75. The molecule has 26 heavy (non-hydrogen) atoms. The predicted octanol–water partition coefficient (Wildman–Crippen LogP) is 7.18. The lowest BCUT2D eigenvalue weighted by molar-refractivity contribution is 0.662. The summed E-state index contributed by atoms with van der Waals surface area (Å²) >= 11 is 0. The molecule has 0 N–H and O–H groups in total. The summed E-state index contributed by atoms with van der Waals surface area (Å²) in [5.41, 5.74) is 11.3. The largest absolute Gasteiger partial charge is 0.0833 e. The summed E-state index contributed by atoms with van der Waals surface area (Å²) in [5, 5.41) is 0. The van der Waals surface area contributed by atoms with E-state index in [9.17, 15) is 0 Å². The Balaban J connectivity index is 1.74. The van der Waals surface area contributed by atoms with E-state index in [1.807, 2.05) is 0 Å². The molecule has 0 aromatic heterocycles. The first-order valence-corrected chi connectivity index (χ1v) is 9.61. The Labute approximate surface area is 156 Å². The zero-order valence-electron chi connectivity index (χ0n) is 15.7. The maximum absolute atomic E-state index is 2.39. The van der Waals surface area contributed by atoms with E-state index in [0.717, 1.165) is 6.42 Å². The first-order valence-electron chi connectivity index (χ1n) is 9.61. The molecule has 1 unspecified atom stereocenters. The number of fused-ring (bicyclic) bond motifs is 4. The van der Waals surface area contributed by atoms with Crippen molar-refractivity contribution in [3.05, 3.63) is 89.0 Å². The molecule has 0 aliphatic heterocycles. The van der Waals surface area contributed by atoms with E-state index in [2.05, 4.69) is 93.6 Å². The molecule has 3 aromatic rings. The molecule has 5 rings (SSSR count). The number of benzene rings is 3. The van der Waals surface area contributed by atoms with Crippen molar-refractivity contribution in [3.63, 3.8) is 0 Å². The van der Waals surface area contributed by atoms with Crippen LogP contribution in [0.15, 0.2) is 66.7 Å². The topological polar surface area (TPSA) is 0 Å². The maximum atomic E-state index is 2.39. The van der Waals surface area contributed by atoms with Crippen LogP contribution in [0.25, 0.3) is 28.3 Å². The molecule has 0 radical (unpaired) electrons. The Kier molecular flexibility index (Phi) is 3.28. The molecule has 2 aliphatic carbocycles. The molecular formula is C26H24. The van der Waals surface area contributed by atoms with Crippen LogP contribution in [-0.4, -0.2) is 0 Å². The summed E-state index contributed by atoms with van der Waals surface area (Å²) in [4.78, 5) is 0. The van der Waals surface area contributed by atoms with Gasteiger partial charge in [-0.05, 0) is 62.9 Å². The van der Waals surface area contributed by atoms with Gasteiger partial charge >= 0.3 is 0 Å². The lowest BCUT2D eigenvalue weighted by Gasteiger charge is -2.25. The SMILES string of the molecule is CC1CC=Cc2cc(-c3cccc4c3C(C)(C)c3ccccc3-4)ccc21. The molecule has 0 amide bonds. The van der Waals surface area contributed by atoms with Crippen molar-refractivity contribution in [2.75, 3.05) is 0 Å². The lowest BCUT2D eigenvalue weighted by Crippen LogP contribution is -2.16. The molecule has 3 aromatic carbocycles. The molecular weight excluding hydrogens is 312 g/mol. The van der Waals surface area contributed by atoms with Gasteiger partial charge in [-0.1, -0.05) is 87.5 Å². The van der Waals surface area contributed by atoms with E-state index < -0.39 is 0 Å². The van der Waals surface area contributed by atoms with Gasteiger partial charge in [-0.3, -0.25) is 0 Å². The van der Waals surface area contributed by atoms with Crippen LogP contribution in [-0.2, 0) is 5.41 Å². The molecule has 128 valence electrons. The van der Waals surface area contributed by atoms with E-state index in [0.29, 0.717) is 5.92 Å². The normalized spacial score (nSPS) is 19.0. The van der Waals surface area contributed by atoms with Gasteiger partial charge in [0.15, 0.2) is 0 Å². The average molecular weight is 336 g/mol. The second kappa shape index (κ2) is 5.45. The second-order valence-corrected chi connectivity index (χ2v) is 8.28. The first-order chi connectivity index (χ1) is 12.6. The van der Waals surface area contributed by atoms with Gasteiger partial charge < -0.3 is 0 Å². The summed E-state index contributed by atoms with van der Waals surface area (Å²) in [5.74, 6) is 0.617. The zero-order chi connectivity index (χ0) is 17.9. The fourth-order valence-electron chi connectivity index (χ4n) is 4.95. The molecule has 0 spiro atoms. The van der Waals surface area contributed by atoms with Crippen molar-refractivity contribution in [2.45, 2.75) is 38.5 Å². The smallest absolute Gasteiger partial charge is 0.0165 e. The Morgan fingerprint density at radius 3 is 2.50 bits per heavy atom. The van der Waals surface area contributed by atoms with Crippen LogP contribution in [0.2, 0.25) is 0 Å². The van der Waals surface area contributed by atoms with Crippen LogP contribution < -0.4 is 0 Å². The highest BCUT2D eigenvalue weighted by atomic mass is 14.4. The van der Waals surface area contributed by atoms with E-state index in [1.54, 1.807) is 0 Å². The number of hydrogen-bond donors (Lipinski definition) is 0. The average Bonchev–Trinajstić information content (AvgIpc) is 2.90. The predicted molar refractivity (Wildman–Crippen MR) is 112 cm³/mol. The highest BCUT2D eigenvalue weighted by Gasteiger charge is 2.37. The van der Waals surface area contributed by atoms with Crippen LogP contribution in [0.4, 0.5) is 0 Å². The van der Waals surface area contributed by atoms with Crippen molar-refractivity contribution < 1.29 is 0 Å². The fourth-order valence-corrected chi connectivity index (χ4v) is 4.95. The minimum Gasteiger partial charge on any atom is -0.0833 e. The fraction of sp³-hybridized carbons (Fsp3) is 0.231. The molecule has 0 heteroatoms. The van der Waals surface area contributed by atoms with Crippen LogP contribution in [0, 0.1) is 0 Å². The van der Waals surface area contributed by atoms with Gasteiger partial charge in [0, 0.05) is 5.41 Å². The minimum atomic E-state index is 0.0293. The third kappa shape index (κ3) is 2.08. The van der Waals surface area contributed by atoms with Crippen molar-refractivity contribution >= 4 is 6.08 Å². The Morgan fingerprint density at radius 2 is 1.62 bits per heavy atom. The van der Waals surface area contributed by atoms with Gasteiger partial charge in [0.05, 0.1) is 0 Å². The third-order valence-electron chi connectivity index (χ3n) is 6.30. The van der Waals surface area contributed by atoms with E-state index in [-0.39, 0.29) is 5.41 Å². The quantitative estimate of drug-likeness (QED) is 0.441. The van der Waals surface area contributed by atoms with E-state index in [4.69, 9.17) is 0 Å².